The quantitative estimate of drug-likeness (QED) is 0.633. The molecule has 0 fully saturated rings. The molecule has 0 bridgehead atoms. The second-order valence-corrected chi connectivity index (χ2v) is 4.74. The molecule has 1 aliphatic carbocycles. The molecule has 86 valence electrons. The Hall–Kier alpha value is -2.28. The lowest BCUT2D eigenvalue weighted by atomic mass is 9.98. The fourth-order valence-electron chi connectivity index (χ4n) is 2.81. The zero-order chi connectivity index (χ0) is 11.9. The maximum Gasteiger partial charge on any atom is 0.0506 e. The summed E-state index contributed by atoms with van der Waals surface area (Å²) in [7, 11) is 0. The van der Waals surface area contributed by atoms with E-state index in [0.29, 0.717) is 5.92 Å². The van der Waals surface area contributed by atoms with Crippen LogP contribution in [-0.2, 0) is 0 Å². The molecule has 0 saturated heterocycles. The SMILES string of the molecule is C1=CC(c2cccc3c2[nH]c2ccccc23)C=C1. The topological polar surface area (TPSA) is 15.8 Å². The third-order valence-electron chi connectivity index (χ3n) is 3.68. The lowest BCUT2D eigenvalue weighted by Crippen LogP contribution is -1.90. The number of rotatable bonds is 1. The van der Waals surface area contributed by atoms with E-state index in [4.69, 9.17) is 0 Å². The summed E-state index contributed by atoms with van der Waals surface area (Å²) in [6.07, 6.45) is 8.71. The van der Waals surface area contributed by atoms with Gasteiger partial charge in [0, 0.05) is 22.2 Å². The van der Waals surface area contributed by atoms with Crippen LogP contribution in [0.4, 0.5) is 0 Å². The van der Waals surface area contributed by atoms with Gasteiger partial charge in [-0.05, 0) is 11.6 Å². The van der Waals surface area contributed by atoms with Crippen LogP contribution in [0.3, 0.4) is 0 Å². The molecule has 0 amide bonds. The van der Waals surface area contributed by atoms with Crippen LogP contribution in [0.2, 0.25) is 0 Å². The number of hydrogen-bond acceptors (Lipinski definition) is 0. The normalized spacial score (nSPS) is 15.1. The van der Waals surface area contributed by atoms with E-state index in [0.717, 1.165) is 0 Å². The first-order valence-corrected chi connectivity index (χ1v) is 6.28. The molecule has 0 unspecified atom stereocenters. The van der Waals surface area contributed by atoms with Gasteiger partial charge in [-0.3, -0.25) is 0 Å². The van der Waals surface area contributed by atoms with Crippen LogP contribution in [0, 0.1) is 0 Å². The molecule has 4 rings (SSSR count). The highest BCUT2D eigenvalue weighted by molar-refractivity contribution is 6.08. The molecule has 0 radical (unpaired) electrons. The number of aromatic nitrogens is 1. The van der Waals surface area contributed by atoms with Gasteiger partial charge in [-0.1, -0.05) is 60.7 Å². The molecule has 18 heavy (non-hydrogen) atoms. The predicted molar refractivity (Wildman–Crippen MR) is 76.8 cm³/mol. The Labute approximate surface area is 105 Å². The highest BCUT2D eigenvalue weighted by atomic mass is 14.7. The van der Waals surface area contributed by atoms with E-state index in [2.05, 4.69) is 71.8 Å². The average Bonchev–Trinajstić information content (AvgIpc) is 3.05. The van der Waals surface area contributed by atoms with Crippen molar-refractivity contribution in [2.75, 3.05) is 0 Å². The summed E-state index contributed by atoms with van der Waals surface area (Å²) in [4.78, 5) is 3.56. The Morgan fingerprint density at radius 2 is 1.56 bits per heavy atom. The van der Waals surface area contributed by atoms with E-state index in [9.17, 15) is 0 Å². The highest BCUT2D eigenvalue weighted by Gasteiger charge is 2.13. The van der Waals surface area contributed by atoms with Crippen molar-refractivity contribution in [3.63, 3.8) is 0 Å². The smallest absolute Gasteiger partial charge is 0.0506 e. The van der Waals surface area contributed by atoms with Crippen molar-refractivity contribution in [3.8, 4) is 0 Å². The van der Waals surface area contributed by atoms with Gasteiger partial charge in [-0.25, -0.2) is 0 Å². The molecule has 1 nitrogen and oxygen atoms in total. The Balaban J connectivity index is 2.09. The van der Waals surface area contributed by atoms with Crippen molar-refractivity contribution in [1.82, 2.24) is 4.98 Å². The van der Waals surface area contributed by atoms with Crippen LogP contribution in [0.1, 0.15) is 11.5 Å². The molecule has 1 aromatic heterocycles. The van der Waals surface area contributed by atoms with Gasteiger partial charge in [-0.15, -0.1) is 0 Å². The second kappa shape index (κ2) is 3.61. The highest BCUT2D eigenvalue weighted by Crippen LogP contribution is 2.33. The lowest BCUT2D eigenvalue weighted by molar-refractivity contribution is 1.12. The van der Waals surface area contributed by atoms with Gasteiger partial charge in [0.25, 0.3) is 0 Å². The minimum absolute atomic E-state index is 0.404. The molecular formula is C17H13N. The second-order valence-electron chi connectivity index (χ2n) is 4.74. The minimum atomic E-state index is 0.404. The van der Waals surface area contributed by atoms with Crippen molar-refractivity contribution in [2.24, 2.45) is 0 Å². The largest absolute Gasteiger partial charge is 0.354 e. The number of allylic oxidation sites excluding steroid dienone is 4. The number of aromatic amines is 1. The maximum absolute atomic E-state index is 3.56. The first-order valence-electron chi connectivity index (χ1n) is 6.28. The minimum Gasteiger partial charge on any atom is -0.354 e. The molecule has 0 saturated carbocycles. The van der Waals surface area contributed by atoms with E-state index < -0.39 is 0 Å². The lowest BCUT2D eigenvalue weighted by Gasteiger charge is -2.07. The molecule has 0 aliphatic heterocycles. The fraction of sp³-hybridized carbons (Fsp3) is 0.0588. The van der Waals surface area contributed by atoms with Crippen molar-refractivity contribution in [2.45, 2.75) is 5.92 Å². The summed E-state index contributed by atoms with van der Waals surface area (Å²) < 4.78 is 0. The zero-order valence-corrected chi connectivity index (χ0v) is 9.93. The monoisotopic (exact) mass is 231 g/mol. The molecule has 3 aromatic rings. The molecule has 1 N–H and O–H groups in total. The summed E-state index contributed by atoms with van der Waals surface area (Å²) in [5.41, 5.74) is 3.83. The third-order valence-corrected chi connectivity index (χ3v) is 3.68. The van der Waals surface area contributed by atoms with E-state index in [-0.39, 0.29) is 0 Å². The molecule has 1 heterocycles. The van der Waals surface area contributed by atoms with Gasteiger partial charge < -0.3 is 4.98 Å². The molecule has 0 spiro atoms. The average molecular weight is 231 g/mol. The van der Waals surface area contributed by atoms with Gasteiger partial charge >= 0.3 is 0 Å². The molecule has 0 atom stereocenters. The number of benzene rings is 2. The van der Waals surface area contributed by atoms with Crippen LogP contribution in [0.25, 0.3) is 21.8 Å². The summed E-state index contributed by atoms with van der Waals surface area (Å²) in [6, 6.07) is 15.0. The summed E-state index contributed by atoms with van der Waals surface area (Å²) >= 11 is 0. The van der Waals surface area contributed by atoms with Gasteiger partial charge in [0.2, 0.25) is 0 Å². The van der Waals surface area contributed by atoms with Crippen LogP contribution in [0.15, 0.2) is 66.8 Å². The van der Waals surface area contributed by atoms with E-state index >= 15 is 0 Å². The van der Waals surface area contributed by atoms with Crippen LogP contribution < -0.4 is 0 Å². The van der Waals surface area contributed by atoms with Crippen LogP contribution in [-0.4, -0.2) is 4.98 Å². The van der Waals surface area contributed by atoms with Crippen LogP contribution in [0.5, 0.6) is 0 Å². The van der Waals surface area contributed by atoms with Gasteiger partial charge in [0.15, 0.2) is 0 Å². The van der Waals surface area contributed by atoms with Crippen LogP contribution >= 0.6 is 0 Å². The predicted octanol–water partition coefficient (Wildman–Crippen LogP) is 4.53. The first-order chi connectivity index (χ1) is 8.93. The van der Waals surface area contributed by atoms with Crippen molar-refractivity contribution >= 4 is 21.8 Å². The third kappa shape index (κ3) is 1.28. The standard InChI is InChI=1S/C17H13N/c1-2-7-12(6-1)13-9-5-10-15-14-8-3-4-11-16(14)18-17(13)15/h1-12,18H. The van der Waals surface area contributed by atoms with Gasteiger partial charge in [-0.2, -0.15) is 0 Å². The van der Waals surface area contributed by atoms with Gasteiger partial charge in [0.05, 0.1) is 5.52 Å². The Bertz CT molecular complexity index is 778. The fourth-order valence-corrected chi connectivity index (χ4v) is 2.81. The maximum atomic E-state index is 3.56. The number of fused-ring (bicyclic) bond motifs is 3. The molecule has 2 aromatic carbocycles. The van der Waals surface area contributed by atoms with E-state index in [1.165, 1.54) is 27.4 Å². The summed E-state index contributed by atoms with van der Waals surface area (Å²) in [6.45, 7) is 0. The van der Waals surface area contributed by atoms with Crippen molar-refractivity contribution < 1.29 is 0 Å². The summed E-state index contributed by atoms with van der Waals surface area (Å²) in [5, 5.41) is 2.62. The molecular weight excluding hydrogens is 218 g/mol. The van der Waals surface area contributed by atoms with E-state index in [1.807, 2.05) is 0 Å². The van der Waals surface area contributed by atoms with Gasteiger partial charge in [0.1, 0.15) is 0 Å². The Kier molecular flexibility index (Phi) is 1.95. The molecule has 1 aliphatic rings. The number of para-hydroxylation sites is 2. The zero-order valence-electron chi connectivity index (χ0n) is 9.93. The number of H-pyrrole nitrogens is 1. The van der Waals surface area contributed by atoms with E-state index in [1.54, 1.807) is 0 Å². The van der Waals surface area contributed by atoms with Crippen molar-refractivity contribution in [3.05, 3.63) is 72.3 Å². The Morgan fingerprint density at radius 1 is 0.778 bits per heavy atom. The summed E-state index contributed by atoms with van der Waals surface area (Å²) in [5.74, 6) is 0.404. The molecule has 1 heteroatoms. The first kappa shape index (κ1) is 9.72. The Morgan fingerprint density at radius 3 is 2.44 bits per heavy atom. The number of nitrogens with one attached hydrogen (secondary N) is 1. The van der Waals surface area contributed by atoms with Crippen molar-refractivity contribution in [1.29, 1.82) is 0 Å². The number of hydrogen-bond donors (Lipinski definition) is 1.